The molecule has 4 heteroatoms. The zero-order chi connectivity index (χ0) is 14.1. The molecule has 0 spiro atoms. The van der Waals surface area contributed by atoms with E-state index in [0.717, 1.165) is 5.56 Å². The summed E-state index contributed by atoms with van der Waals surface area (Å²) < 4.78 is 5.01. The molecule has 0 aliphatic carbocycles. The van der Waals surface area contributed by atoms with Crippen LogP contribution in [0.15, 0.2) is 43.0 Å². The number of hydrogen-bond donors (Lipinski definition) is 1. The first-order chi connectivity index (χ1) is 9.19. The third kappa shape index (κ3) is 5.49. The van der Waals surface area contributed by atoms with Gasteiger partial charge in [-0.15, -0.1) is 6.58 Å². The second-order valence-electron chi connectivity index (χ2n) is 4.27. The molecule has 0 aliphatic heterocycles. The van der Waals surface area contributed by atoms with Gasteiger partial charge in [0.1, 0.15) is 0 Å². The fourth-order valence-corrected chi connectivity index (χ4v) is 2.16. The SMILES string of the molecule is C=CCN(CCOC)C(=O)C(S)Cc1ccccc1. The van der Waals surface area contributed by atoms with Crippen molar-refractivity contribution in [2.45, 2.75) is 11.7 Å². The molecule has 1 unspecified atom stereocenters. The van der Waals surface area contributed by atoms with Gasteiger partial charge in [0.2, 0.25) is 5.91 Å². The molecule has 0 bridgehead atoms. The number of carbonyl (C=O) groups excluding carboxylic acids is 1. The Hall–Kier alpha value is -1.26. The molecule has 1 rings (SSSR count). The van der Waals surface area contributed by atoms with Crippen LogP contribution in [0.1, 0.15) is 5.56 Å². The highest BCUT2D eigenvalue weighted by molar-refractivity contribution is 7.81. The Morgan fingerprint density at radius 2 is 2.16 bits per heavy atom. The number of nitrogens with zero attached hydrogens (tertiary/aromatic N) is 1. The minimum absolute atomic E-state index is 0.0177. The number of rotatable bonds is 8. The molecule has 0 N–H and O–H groups in total. The van der Waals surface area contributed by atoms with E-state index in [4.69, 9.17) is 4.74 Å². The number of benzene rings is 1. The van der Waals surface area contributed by atoms with Gasteiger partial charge in [0, 0.05) is 20.2 Å². The van der Waals surface area contributed by atoms with E-state index in [9.17, 15) is 4.79 Å². The van der Waals surface area contributed by atoms with Crippen LogP contribution in [-0.4, -0.2) is 42.9 Å². The maximum Gasteiger partial charge on any atom is 0.236 e. The maximum atomic E-state index is 12.3. The van der Waals surface area contributed by atoms with Crippen molar-refractivity contribution in [1.29, 1.82) is 0 Å². The van der Waals surface area contributed by atoms with E-state index in [2.05, 4.69) is 19.2 Å². The first-order valence-corrected chi connectivity index (χ1v) is 6.81. The fourth-order valence-electron chi connectivity index (χ4n) is 1.78. The topological polar surface area (TPSA) is 29.5 Å². The van der Waals surface area contributed by atoms with Crippen molar-refractivity contribution in [2.75, 3.05) is 26.8 Å². The molecule has 1 aromatic rings. The number of methoxy groups -OCH3 is 1. The summed E-state index contributed by atoms with van der Waals surface area (Å²) in [5.41, 5.74) is 1.11. The lowest BCUT2D eigenvalue weighted by Crippen LogP contribution is -2.39. The van der Waals surface area contributed by atoms with Crippen LogP contribution in [0.5, 0.6) is 0 Å². The highest BCUT2D eigenvalue weighted by atomic mass is 32.1. The fraction of sp³-hybridized carbons (Fsp3) is 0.400. The molecule has 0 saturated carbocycles. The van der Waals surface area contributed by atoms with E-state index in [1.54, 1.807) is 18.1 Å². The summed E-state index contributed by atoms with van der Waals surface area (Å²) in [5.74, 6) is 0.0177. The second kappa shape index (κ2) is 8.77. The minimum atomic E-state index is -0.334. The molecular weight excluding hydrogens is 258 g/mol. The van der Waals surface area contributed by atoms with Gasteiger partial charge in [-0.2, -0.15) is 12.6 Å². The van der Waals surface area contributed by atoms with Gasteiger partial charge in [0.25, 0.3) is 0 Å². The quantitative estimate of drug-likeness (QED) is 0.584. The molecule has 1 aromatic carbocycles. The first kappa shape index (κ1) is 15.8. The van der Waals surface area contributed by atoms with Crippen LogP contribution in [-0.2, 0) is 16.0 Å². The van der Waals surface area contributed by atoms with Crippen LogP contribution in [0.3, 0.4) is 0 Å². The molecule has 0 aromatic heterocycles. The summed E-state index contributed by atoms with van der Waals surface area (Å²) >= 11 is 4.42. The van der Waals surface area contributed by atoms with Crippen molar-refractivity contribution in [2.24, 2.45) is 0 Å². The van der Waals surface area contributed by atoms with E-state index in [-0.39, 0.29) is 11.2 Å². The van der Waals surface area contributed by atoms with E-state index in [1.165, 1.54) is 0 Å². The van der Waals surface area contributed by atoms with Gasteiger partial charge in [-0.05, 0) is 12.0 Å². The Morgan fingerprint density at radius 1 is 1.47 bits per heavy atom. The standard InChI is InChI=1S/C15H21NO2S/c1-3-9-16(10-11-18-2)15(17)14(19)12-13-7-5-4-6-8-13/h3-8,14,19H,1,9-12H2,2H3. The van der Waals surface area contributed by atoms with Crippen molar-refractivity contribution in [1.82, 2.24) is 4.90 Å². The number of amides is 1. The molecule has 19 heavy (non-hydrogen) atoms. The molecule has 0 saturated heterocycles. The van der Waals surface area contributed by atoms with E-state index >= 15 is 0 Å². The summed E-state index contributed by atoms with van der Waals surface area (Å²) in [6, 6.07) is 9.90. The summed E-state index contributed by atoms with van der Waals surface area (Å²) in [5, 5.41) is -0.334. The molecule has 0 fully saturated rings. The third-order valence-electron chi connectivity index (χ3n) is 2.78. The van der Waals surface area contributed by atoms with E-state index in [1.807, 2.05) is 30.3 Å². The van der Waals surface area contributed by atoms with Gasteiger partial charge >= 0.3 is 0 Å². The van der Waals surface area contributed by atoms with E-state index in [0.29, 0.717) is 26.1 Å². The zero-order valence-corrected chi connectivity index (χ0v) is 12.2. The lowest BCUT2D eigenvalue weighted by molar-refractivity contribution is -0.130. The predicted molar refractivity (Wildman–Crippen MR) is 81.6 cm³/mol. The summed E-state index contributed by atoms with van der Waals surface area (Å²) in [6.45, 7) is 5.28. The highest BCUT2D eigenvalue weighted by Gasteiger charge is 2.20. The second-order valence-corrected chi connectivity index (χ2v) is 4.89. The van der Waals surface area contributed by atoms with Crippen molar-refractivity contribution in [3.8, 4) is 0 Å². The molecule has 1 amide bonds. The number of thiol groups is 1. The van der Waals surface area contributed by atoms with Crippen LogP contribution in [0.25, 0.3) is 0 Å². The number of ether oxygens (including phenoxy) is 1. The van der Waals surface area contributed by atoms with Crippen molar-refractivity contribution >= 4 is 18.5 Å². The van der Waals surface area contributed by atoms with Crippen molar-refractivity contribution < 1.29 is 9.53 Å². The van der Waals surface area contributed by atoms with Crippen molar-refractivity contribution in [3.05, 3.63) is 48.6 Å². The lowest BCUT2D eigenvalue weighted by atomic mass is 10.1. The van der Waals surface area contributed by atoms with Crippen LogP contribution in [0, 0.1) is 0 Å². The summed E-state index contributed by atoms with van der Waals surface area (Å²) in [6.07, 6.45) is 2.35. The Kier molecular flexibility index (Phi) is 7.30. The Labute approximate surface area is 120 Å². The smallest absolute Gasteiger partial charge is 0.236 e. The number of hydrogen-bond acceptors (Lipinski definition) is 3. The molecule has 0 aliphatic rings. The molecule has 3 nitrogen and oxygen atoms in total. The Bertz CT molecular complexity index is 394. The molecule has 104 valence electrons. The van der Waals surface area contributed by atoms with Gasteiger partial charge in [-0.1, -0.05) is 36.4 Å². The van der Waals surface area contributed by atoms with Gasteiger partial charge in [0.05, 0.1) is 11.9 Å². The average Bonchev–Trinajstić information content (AvgIpc) is 2.43. The normalized spacial score (nSPS) is 11.9. The van der Waals surface area contributed by atoms with Gasteiger partial charge in [-0.3, -0.25) is 4.79 Å². The molecule has 0 radical (unpaired) electrons. The molecular formula is C15H21NO2S. The van der Waals surface area contributed by atoms with Crippen LogP contribution >= 0.6 is 12.6 Å². The van der Waals surface area contributed by atoms with Crippen LogP contribution < -0.4 is 0 Å². The Balaban J connectivity index is 2.59. The first-order valence-electron chi connectivity index (χ1n) is 6.29. The average molecular weight is 279 g/mol. The molecule has 0 heterocycles. The largest absolute Gasteiger partial charge is 0.383 e. The zero-order valence-electron chi connectivity index (χ0n) is 11.3. The van der Waals surface area contributed by atoms with Gasteiger partial charge in [0.15, 0.2) is 0 Å². The summed E-state index contributed by atoms with van der Waals surface area (Å²) in [7, 11) is 1.62. The maximum absolute atomic E-state index is 12.3. The summed E-state index contributed by atoms with van der Waals surface area (Å²) in [4.78, 5) is 14.0. The van der Waals surface area contributed by atoms with E-state index < -0.39 is 0 Å². The molecule has 1 atom stereocenters. The van der Waals surface area contributed by atoms with Crippen LogP contribution in [0.2, 0.25) is 0 Å². The van der Waals surface area contributed by atoms with Gasteiger partial charge < -0.3 is 9.64 Å². The highest BCUT2D eigenvalue weighted by Crippen LogP contribution is 2.11. The third-order valence-corrected chi connectivity index (χ3v) is 3.19. The predicted octanol–water partition coefficient (Wildman–Crippen LogP) is 2.19. The number of carbonyl (C=O) groups is 1. The Morgan fingerprint density at radius 3 is 2.74 bits per heavy atom. The lowest BCUT2D eigenvalue weighted by Gasteiger charge is -2.24. The van der Waals surface area contributed by atoms with Crippen LogP contribution in [0.4, 0.5) is 0 Å². The van der Waals surface area contributed by atoms with Crippen molar-refractivity contribution in [3.63, 3.8) is 0 Å². The monoisotopic (exact) mass is 279 g/mol. The minimum Gasteiger partial charge on any atom is -0.383 e. The van der Waals surface area contributed by atoms with Gasteiger partial charge in [-0.25, -0.2) is 0 Å².